The van der Waals surface area contributed by atoms with E-state index in [0.29, 0.717) is 18.9 Å². The molecule has 0 aromatic heterocycles. The van der Waals surface area contributed by atoms with Crippen molar-refractivity contribution < 1.29 is 32.2 Å². The van der Waals surface area contributed by atoms with Gasteiger partial charge in [0.15, 0.2) is 6.61 Å². The minimum atomic E-state index is -4.49. The van der Waals surface area contributed by atoms with Gasteiger partial charge in [-0.2, -0.15) is 13.2 Å². The van der Waals surface area contributed by atoms with Crippen LogP contribution in [0.15, 0.2) is 18.2 Å². The van der Waals surface area contributed by atoms with Gasteiger partial charge in [0.2, 0.25) is 0 Å². The Labute approximate surface area is 156 Å². The summed E-state index contributed by atoms with van der Waals surface area (Å²) in [6.07, 6.45) is -1.37. The summed E-state index contributed by atoms with van der Waals surface area (Å²) in [6.45, 7) is 0.421. The molecule has 1 aromatic carbocycles. The monoisotopic (exact) mass is 390 g/mol. The number of nitrogens with one attached hydrogen (secondary N) is 2. The van der Waals surface area contributed by atoms with Crippen molar-refractivity contribution in [1.82, 2.24) is 10.6 Å². The summed E-state index contributed by atoms with van der Waals surface area (Å²) in [4.78, 5) is 12.5. The van der Waals surface area contributed by atoms with Gasteiger partial charge in [0.1, 0.15) is 18.1 Å². The number of carbonyl (C=O) groups is 1. The molecule has 1 saturated heterocycles. The molecule has 0 radical (unpaired) electrons. The van der Waals surface area contributed by atoms with Crippen LogP contribution in [0.3, 0.4) is 0 Å². The lowest BCUT2D eigenvalue weighted by Crippen LogP contribution is -2.43. The summed E-state index contributed by atoms with van der Waals surface area (Å²) in [7, 11) is 1.52. The molecule has 9 heteroatoms. The Morgan fingerprint density at radius 3 is 2.74 bits per heavy atom. The highest BCUT2D eigenvalue weighted by Crippen LogP contribution is 2.26. The van der Waals surface area contributed by atoms with Crippen LogP contribution in [0.1, 0.15) is 29.6 Å². The Morgan fingerprint density at radius 2 is 2.07 bits per heavy atom. The van der Waals surface area contributed by atoms with Crippen LogP contribution in [0.5, 0.6) is 11.5 Å². The van der Waals surface area contributed by atoms with Gasteiger partial charge in [-0.15, -0.1) is 0 Å². The van der Waals surface area contributed by atoms with Crippen molar-refractivity contribution in [2.45, 2.75) is 31.5 Å². The number of rotatable bonds is 9. The van der Waals surface area contributed by atoms with Crippen molar-refractivity contribution in [3.8, 4) is 11.5 Å². The first kappa shape index (κ1) is 21.3. The second-order valence-electron chi connectivity index (χ2n) is 6.26. The topological polar surface area (TPSA) is 68.8 Å². The molecule has 1 atom stereocenters. The third-order valence-electron chi connectivity index (χ3n) is 4.06. The zero-order chi connectivity index (χ0) is 19.7. The fourth-order valence-electron chi connectivity index (χ4n) is 2.71. The van der Waals surface area contributed by atoms with Crippen LogP contribution in [0, 0.1) is 0 Å². The van der Waals surface area contributed by atoms with Gasteiger partial charge in [0.25, 0.3) is 5.91 Å². The minimum Gasteiger partial charge on any atom is -0.491 e. The number of amides is 1. The lowest BCUT2D eigenvalue weighted by atomic mass is 10.0. The molecule has 0 aliphatic carbocycles. The van der Waals surface area contributed by atoms with Crippen LogP contribution in [-0.4, -0.2) is 58.1 Å². The van der Waals surface area contributed by atoms with Crippen LogP contribution >= 0.6 is 0 Å². The summed E-state index contributed by atoms with van der Waals surface area (Å²) in [5.41, 5.74) is 0.00461. The van der Waals surface area contributed by atoms with Crippen LogP contribution in [0.2, 0.25) is 0 Å². The molecule has 27 heavy (non-hydrogen) atoms. The fraction of sp³-hybridized carbons (Fsp3) is 0.611. The lowest BCUT2D eigenvalue weighted by Gasteiger charge is -2.24. The molecule has 1 amide bonds. The number of piperidine rings is 1. The second kappa shape index (κ2) is 10.4. The van der Waals surface area contributed by atoms with Gasteiger partial charge in [0, 0.05) is 19.7 Å². The molecule has 152 valence electrons. The first-order valence-electron chi connectivity index (χ1n) is 8.86. The maximum Gasteiger partial charge on any atom is 0.422 e. The third kappa shape index (κ3) is 7.64. The van der Waals surface area contributed by atoms with Crippen molar-refractivity contribution in [2.24, 2.45) is 0 Å². The normalized spacial score (nSPS) is 17.4. The minimum absolute atomic E-state index is 0.00461. The van der Waals surface area contributed by atoms with E-state index in [0.717, 1.165) is 25.8 Å². The predicted octanol–water partition coefficient (Wildman–Crippen LogP) is 2.52. The number of hydrogen-bond donors (Lipinski definition) is 2. The molecule has 0 spiro atoms. The summed E-state index contributed by atoms with van der Waals surface area (Å²) in [5.74, 6) is -0.287. The number of benzene rings is 1. The average molecular weight is 390 g/mol. The molecular weight excluding hydrogens is 365 g/mol. The van der Waals surface area contributed by atoms with E-state index in [1.807, 2.05) is 0 Å². The Hall–Kier alpha value is -2.00. The van der Waals surface area contributed by atoms with E-state index < -0.39 is 18.7 Å². The molecule has 1 unspecified atom stereocenters. The first-order chi connectivity index (χ1) is 12.9. The average Bonchev–Trinajstić information content (AvgIpc) is 2.65. The van der Waals surface area contributed by atoms with E-state index >= 15 is 0 Å². The van der Waals surface area contributed by atoms with Gasteiger partial charge < -0.3 is 24.8 Å². The van der Waals surface area contributed by atoms with Gasteiger partial charge in [0.05, 0.1) is 12.2 Å². The van der Waals surface area contributed by atoms with Gasteiger partial charge in [-0.25, -0.2) is 0 Å². The molecule has 1 fully saturated rings. The summed E-state index contributed by atoms with van der Waals surface area (Å²) in [5, 5.41) is 6.06. The highest BCUT2D eigenvalue weighted by atomic mass is 19.4. The molecule has 2 rings (SSSR count). The SMILES string of the molecule is COCCOc1ccc(OCC(F)(F)F)c(C(=O)NCC2CCCCN2)c1. The van der Waals surface area contributed by atoms with E-state index in [1.165, 1.54) is 25.3 Å². The zero-order valence-electron chi connectivity index (χ0n) is 15.2. The number of alkyl halides is 3. The van der Waals surface area contributed by atoms with Gasteiger partial charge in [-0.05, 0) is 37.6 Å². The number of halogens is 3. The van der Waals surface area contributed by atoms with Crippen molar-refractivity contribution >= 4 is 5.91 Å². The molecule has 0 saturated carbocycles. The molecule has 1 aromatic rings. The maximum absolute atomic E-state index is 12.5. The number of hydrogen-bond acceptors (Lipinski definition) is 5. The Balaban J connectivity index is 2.06. The Bertz CT molecular complexity index is 605. The molecule has 6 nitrogen and oxygen atoms in total. The van der Waals surface area contributed by atoms with E-state index in [4.69, 9.17) is 14.2 Å². The predicted molar refractivity (Wildman–Crippen MR) is 93.3 cm³/mol. The lowest BCUT2D eigenvalue weighted by molar-refractivity contribution is -0.153. The van der Waals surface area contributed by atoms with Gasteiger partial charge in [-0.1, -0.05) is 6.42 Å². The Kier molecular flexibility index (Phi) is 8.18. The number of carbonyl (C=O) groups excluding carboxylic acids is 1. The zero-order valence-corrected chi connectivity index (χ0v) is 15.2. The molecule has 1 heterocycles. The van der Waals surface area contributed by atoms with Crippen molar-refractivity contribution in [1.29, 1.82) is 0 Å². The summed E-state index contributed by atoms with van der Waals surface area (Å²) in [6, 6.07) is 4.30. The molecule has 0 bridgehead atoms. The standard InChI is InChI=1S/C18H25F3N2O4/c1-25-8-9-26-14-5-6-16(27-12-18(19,20)21)15(10-14)17(24)23-11-13-4-2-3-7-22-13/h5-6,10,13,22H,2-4,7-9,11-12H2,1H3,(H,23,24). The maximum atomic E-state index is 12.5. The largest absolute Gasteiger partial charge is 0.491 e. The highest BCUT2D eigenvalue weighted by molar-refractivity contribution is 5.97. The molecule has 1 aliphatic heterocycles. The molecule has 2 N–H and O–H groups in total. The van der Waals surface area contributed by atoms with Crippen molar-refractivity contribution in [2.75, 3.05) is 40.0 Å². The summed E-state index contributed by atoms with van der Waals surface area (Å²) < 4.78 is 52.6. The van der Waals surface area contributed by atoms with Crippen molar-refractivity contribution in [3.05, 3.63) is 23.8 Å². The van der Waals surface area contributed by atoms with Gasteiger partial charge in [-0.3, -0.25) is 4.79 Å². The summed E-state index contributed by atoms with van der Waals surface area (Å²) >= 11 is 0. The molecular formula is C18H25F3N2O4. The van der Waals surface area contributed by atoms with Crippen molar-refractivity contribution in [3.63, 3.8) is 0 Å². The molecule has 1 aliphatic rings. The third-order valence-corrected chi connectivity index (χ3v) is 4.06. The fourth-order valence-corrected chi connectivity index (χ4v) is 2.71. The van der Waals surface area contributed by atoms with E-state index in [1.54, 1.807) is 0 Å². The smallest absolute Gasteiger partial charge is 0.422 e. The highest BCUT2D eigenvalue weighted by Gasteiger charge is 2.29. The number of methoxy groups -OCH3 is 1. The Morgan fingerprint density at radius 1 is 1.26 bits per heavy atom. The number of ether oxygens (including phenoxy) is 3. The van der Waals surface area contributed by atoms with E-state index in [2.05, 4.69) is 10.6 Å². The first-order valence-corrected chi connectivity index (χ1v) is 8.86. The van der Waals surface area contributed by atoms with Crippen LogP contribution < -0.4 is 20.1 Å². The van der Waals surface area contributed by atoms with E-state index in [9.17, 15) is 18.0 Å². The van der Waals surface area contributed by atoms with Crippen LogP contribution in [0.4, 0.5) is 13.2 Å². The van der Waals surface area contributed by atoms with Crippen LogP contribution in [0.25, 0.3) is 0 Å². The van der Waals surface area contributed by atoms with Crippen LogP contribution in [-0.2, 0) is 4.74 Å². The van der Waals surface area contributed by atoms with Gasteiger partial charge >= 0.3 is 6.18 Å². The van der Waals surface area contributed by atoms with E-state index in [-0.39, 0.29) is 24.0 Å². The second-order valence-corrected chi connectivity index (χ2v) is 6.26. The quantitative estimate of drug-likeness (QED) is 0.635.